The van der Waals surface area contributed by atoms with E-state index in [0.717, 1.165) is 18.3 Å². The van der Waals surface area contributed by atoms with Crippen LogP contribution in [-0.4, -0.2) is 48.3 Å². The highest BCUT2D eigenvalue weighted by Crippen LogP contribution is 2.37. The van der Waals surface area contributed by atoms with Gasteiger partial charge in [0, 0.05) is 18.5 Å². The highest BCUT2D eigenvalue weighted by atomic mass is 35.5. The van der Waals surface area contributed by atoms with Crippen LogP contribution in [0, 0.1) is 17.8 Å². The van der Waals surface area contributed by atoms with Gasteiger partial charge in [-0.25, -0.2) is 0 Å². The Balaban J connectivity index is 0.00000161. The SMILES string of the molecule is CC1CCC(O)C(C2CCCN2CC2CCNCC2)C1.Cl. The lowest BCUT2D eigenvalue weighted by molar-refractivity contribution is 0.00316. The molecule has 0 spiro atoms. The van der Waals surface area contributed by atoms with E-state index >= 15 is 0 Å². The monoisotopic (exact) mass is 316 g/mol. The maximum absolute atomic E-state index is 10.4. The van der Waals surface area contributed by atoms with Gasteiger partial charge in [0.05, 0.1) is 6.10 Å². The number of halogens is 1. The minimum Gasteiger partial charge on any atom is -0.393 e. The number of aliphatic hydroxyl groups excluding tert-OH is 1. The first-order valence-electron chi connectivity index (χ1n) is 8.87. The van der Waals surface area contributed by atoms with Crippen LogP contribution in [0.4, 0.5) is 0 Å². The molecule has 2 aliphatic heterocycles. The van der Waals surface area contributed by atoms with E-state index in [-0.39, 0.29) is 18.5 Å². The van der Waals surface area contributed by atoms with Crippen LogP contribution < -0.4 is 5.32 Å². The van der Waals surface area contributed by atoms with E-state index < -0.39 is 0 Å². The molecule has 1 aliphatic carbocycles. The van der Waals surface area contributed by atoms with Crippen molar-refractivity contribution < 1.29 is 5.11 Å². The van der Waals surface area contributed by atoms with Crippen molar-refractivity contribution in [3.63, 3.8) is 0 Å². The van der Waals surface area contributed by atoms with E-state index in [4.69, 9.17) is 0 Å². The zero-order valence-electron chi connectivity index (χ0n) is 13.5. The molecular weight excluding hydrogens is 284 g/mol. The average Bonchev–Trinajstić information content (AvgIpc) is 2.91. The fraction of sp³-hybridized carbons (Fsp3) is 1.00. The molecule has 0 bridgehead atoms. The Morgan fingerprint density at radius 2 is 1.86 bits per heavy atom. The van der Waals surface area contributed by atoms with Gasteiger partial charge in [-0.3, -0.25) is 4.90 Å². The van der Waals surface area contributed by atoms with Gasteiger partial charge in [0.1, 0.15) is 0 Å². The van der Waals surface area contributed by atoms with Gasteiger partial charge in [-0.05, 0) is 76.4 Å². The van der Waals surface area contributed by atoms with E-state index in [1.807, 2.05) is 0 Å². The van der Waals surface area contributed by atoms with Crippen molar-refractivity contribution in [2.45, 2.75) is 64.0 Å². The highest BCUT2D eigenvalue weighted by Gasteiger charge is 2.39. The maximum atomic E-state index is 10.4. The summed E-state index contributed by atoms with van der Waals surface area (Å²) in [7, 11) is 0. The van der Waals surface area contributed by atoms with Crippen molar-refractivity contribution in [1.29, 1.82) is 0 Å². The van der Waals surface area contributed by atoms with Crippen LogP contribution in [0.1, 0.15) is 51.9 Å². The molecule has 3 nitrogen and oxygen atoms in total. The van der Waals surface area contributed by atoms with Gasteiger partial charge in [-0.15, -0.1) is 12.4 Å². The summed E-state index contributed by atoms with van der Waals surface area (Å²) >= 11 is 0. The molecule has 4 atom stereocenters. The van der Waals surface area contributed by atoms with Gasteiger partial charge in [0.2, 0.25) is 0 Å². The first-order valence-corrected chi connectivity index (χ1v) is 8.87. The van der Waals surface area contributed by atoms with Crippen molar-refractivity contribution >= 4 is 12.4 Å². The van der Waals surface area contributed by atoms with Crippen LogP contribution in [0.3, 0.4) is 0 Å². The lowest BCUT2D eigenvalue weighted by atomic mass is 9.76. The zero-order valence-corrected chi connectivity index (χ0v) is 14.3. The zero-order chi connectivity index (χ0) is 13.9. The van der Waals surface area contributed by atoms with Gasteiger partial charge in [-0.2, -0.15) is 0 Å². The van der Waals surface area contributed by atoms with Crippen molar-refractivity contribution in [1.82, 2.24) is 10.2 Å². The molecule has 0 aromatic rings. The number of rotatable bonds is 3. The van der Waals surface area contributed by atoms with Crippen LogP contribution in [-0.2, 0) is 0 Å². The summed E-state index contributed by atoms with van der Waals surface area (Å²) in [5.41, 5.74) is 0. The Hall–Kier alpha value is 0.170. The standard InChI is InChI=1S/C17H32N2O.ClH/c1-13-4-5-17(20)15(11-13)16-3-2-10-19(16)12-14-6-8-18-9-7-14;/h13-18,20H,2-12H2,1H3;1H. The lowest BCUT2D eigenvalue weighted by Gasteiger charge is -2.40. The second-order valence-corrected chi connectivity index (χ2v) is 7.55. The summed E-state index contributed by atoms with van der Waals surface area (Å²) in [5.74, 6) is 2.24. The smallest absolute Gasteiger partial charge is 0.0583 e. The summed E-state index contributed by atoms with van der Waals surface area (Å²) in [6.45, 7) is 7.32. The van der Waals surface area contributed by atoms with Crippen molar-refractivity contribution in [2.75, 3.05) is 26.2 Å². The van der Waals surface area contributed by atoms with Gasteiger partial charge in [-0.1, -0.05) is 6.92 Å². The van der Waals surface area contributed by atoms with E-state index in [0.29, 0.717) is 12.0 Å². The molecule has 124 valence electrons. The van der Waals surface area contributed by atoms with E-state index in [1.54, 1.807) is 0 Å². The van der Waals surface area contributed by atoms with E-state index in [1.165, 1.54) is 64.7 Å². The van der Waals surface area contributed by atoms with Gasteiger partial charge in [0.15, 0.2) is 0 Å². The minimum absolute atomic E-state index is 0. The molecule has 2 saturated heterocycles. The molecule has 1 saturated carbocycles. The van der Waals surface area contributed by atoms with Crippen LogP contribution >= 0.6 is 12.4 Å². The molecule has 0 aromatic heterocycles. The highest BCUT2D eigenvalue weighted by molar-refractivity contribution is 5.85. The molecule has 3 aliphatic rings. The Kier molecular flexibility index (Phi) is 6.79. The molecule has 21 heavy (non-hydrogen) atoms. The third-order valence-corrected chi connectivity index (χ3v) is 5.98. The molecule has 3 rings (SSSR count). The first kappa shape index (κ1) is 17.5. The number of piperidine rings is 1. The van der Waals surface area contributed by atoms with Crippen molar-refractivity contribution in [2.24, 2.45) is 17.8 Å². The Morgan fingerprint density at radius 1 is 1.10 bits per heavy atom. The predicted molar refractivity (Wildman–Crippen MR) is 89.9 cm³/mol. The molecule has 4 heteroatoms. The summed E-state index contributed by atoms with van der Waals surface area (Å²) < 4.78 is 0. The van der Waals surface area contributed by atoms with Gasteiger partial charge in [0.25, 0.3) is 0 Å². The third-order valence-electron chi connectivity index (χ3n) is 5.98. The van der Waals surface area contributed by atoms with Crippen molar-refractivity contribution in [3.05, 3.63) is 0 Å². The minimum atomic E-state index is -0.0372. The third kappa shape index (κ3) is 4.34. The molecule has 0 aromatic carbocycles. The Morgan fingerprint density at radius 3 is 2.62 bits per heavy atom. The largest absolute Gasteiger partial charge is 0.393 e. The lowest BCUT2D eigenvalue weighted by Crippen LogP contribution is -2.46. The fourth-order valence-electron chi connectivity index (χ4n) is 4.78. The summed E-state index contributed by atoms with van der Waals surface area (Å²) in [5, 5.41) is 13.9. The molecule has 4 unspecified atom stereocenters. The quantitative estimate of drug-likeness (QED) is 0.840. The topological polar surface area (TPSA) is 35.5 Å². The number of aliphatic hydroxyl groups is 1. The fourth-order valence-corrected chi connectivity index (χ4v) is 4.78. The van der Waals surface area contributed by atoms with Gasteiger partial charge >= 0.3 is 0 Å². The number of likely N-dealkylation sites (tertiary alicyclic amines) is 1. The Labute approximate surface area is 136 Å². The van der Waals surface area contributed by atoms with Crippen LogP contribution in [0.5, 0.6) is 0 Å². The normalized spacial score (nSPS) is 39.1. The molecule has 2 N–H and O–H groups in total. The number of hydrogen-bond acceptors (Lipinski definition) is 3. The summed E-state index contributed by atoms with van der Waals surface area (Å²) in [6, 6.07) is 0.669. The average molecular weight is 317 g/mol. The predicted octanol–water partition coefficient (Wildman–Crippen LogP) is 2.67. The molecular formula is C17H33ClN2O. The number of hydrogen-bond donors (Lipinski definition) is 2. The molecule has 0 radical (unpaired) electrons. The van der Waals surface area contributed by atoms with Crippen LogP contribution in [0.25, 0.3) is 0 Å². The van der Waals surface area contributed by atoms with E-state index in [9.17, 15) is 5.11 Å². The Bertz CT molecular complexity index is 309. The molecule has 3 fully saturated rings. The van der Waals surface area contributed by atoms with Crippen molar-refractivity contribution in [3.8, 4) is 0 Å². The summed E-state index contributed by atoms with van der Waals surface area (Å²) in [4.78, 5) is 2.74. The van der Waals surface area contributed by atoms with Crippen LogP contribution in [0.2, 0.25) is 0 Å². The molecule has 2 heterocycles. The second kappa shape index (κ2) is 8.14. The van der Waals surface area contributed by atoms with Crippen LogP contribution in [0.15, 0.2) is 0 Å². The van der Waals surface area contributed by atoms with E-state index in [2.05, 4.69) is 17.1 Å². The summed E-state index contributed by atoms with van der Waals surface area (Å²) in [6.07, 6.45) is 8.80. The maximum Gasteiger partial charge on any atom is 0.0583 e. The van der Waals surface area contributed by atoms with Gasteiger partial charge < -0.3 is 10.4 Å². The molecule has 0 amide bonds. The first-order chi connectivity index (χ1) is 9.74. The second-order valence-electron chi connectivity index (χ2n) is 7.55. The number of nitrogens with zero attached hydrogens (tertiary/aromatic N) is 1. The number of nitrogens with one attached hydrogen (secondary N) is 1.